The Morgan fingerprint density at radius 3 is 2.28 bits per heavy atom. The fourth-order valence-corrected chi connectivity index (χ4v) is 3.41. The Balaban J connectivity index is 1.74. The van der Waals surface area contributed by atoms with Crippen LogP contribution in [0.25, 0.3) is 6.08 Å². The van der Waals surface area contributed by atoms with Gasteiger partial charge in [-0.15, -0.1) is 0 Å². The molecule has 0 saturated carbocycles. The molecule has 0 saturated heterocycles. The van der Waals surface area contributed by atoms with Crippen molar-refractivity contribution >= 4 is 23.6 Å². The number of ether oxygens (including phenoxy) is 1. The third-order valence-corrected chi connectivity index (χ3v) is 4.89. The number of benzene rings is 3. The van der Waals surface area contributed by atoms with E-state index in [2.05, 4.69) is 32.0 Å². The smallest absolute Gasteiger partial charge is 0.338 e. The molecule has 2 nitrogen and oxygen atoms in total. The van der Waals surface area contributed by atoms with Crippen molar-refractivity contribution < 1.29 is 9.53 Å². The van der Waals surface area contributed by atoms with Crippen LogP contribution in [-0.2, 0) is 11.2 Å². The second-order valence-electron chi connectivity index (χ2n) is 7.26. The van der Waals surface area contributed by atoms with E-state index in [4.69, 9.17) is 16.3 Å². The van der Waals surface area contributed by atoms with Gasteiger partial charge in [-0.3, -0.25) is 0 Å². The van der Waals surface area contributed by atoms with Crippen molar-refractivity contribution in [2.24, 2.45) is 0 Å². The lowest BCUT2D eigenvalue weighted by molar-refractivity contribution is 0.0382. The van der Waals surface area contributed by atoms with Crippen LogP contribution in [0.5, 0.6) is 0 Å². The Kier molecular flexibility index (Phi) is 7.26. The maximum Gasteiger partial charge on any atom is 0.338 e. The predicted octanol–water partition coefficient (Wildman–Crippen LogP) is 6.83. The zero-order chi connectivity index (χ0) is 20.6. The van der Waals surface area contributed by atoms with Crippen molar-refractivity contribution in [2.75, 3.05) is 0 Å². The molecule has 0 aliphatic carbocycles. The van der Waals surface area contributed by atoms with E-state index in [-0.39, 0.29) is 12.1 Å². The molecule has 0 bridgehead atoms. The van der Waals surface area contributed by atoms with Crippen LogP contribution in [0.3, 0.4) is 0 Å². The molecule has 148 valence electrons. The van der Waals surface area contributed by atoms with Gasteiger partial charge in [-0.05, 0) is 68.2 Å². The van der Waals surface area contributed by atoms with Crippen LogP contribution in [-0.4, -0.2) is 12.1 Å². The molecule has 3 heteroatoms. The molecule has 0 aliphatic heterocycles. The molecular formula is C26H25ClO2. The van der Waals surface area contributed by atoms with Gasteiger partial charge in [-0.25, -0.2) is 4.79 Å². The van der Waals surface area contributed by atoms with Crippen molar-refractivity contribution in [3.8, 4) is 0 Å². The van der Waals surface area contributed by atoms with Gasteiger partial charge in [-0.1, -0.05) is 77.3 Å². The van der Waals surface area contributed by atoms with E-state index < -0.39 is 0 Å². The van der Waals surface area contributed by atoms with Gasteiger partial charge in [0.05, 0.1) is 5.56 Å². The average molecular weight is 405 g/mol. The number of aryl methyl sites for hydroxylation is 3. The van der Waals surface area contributed by atoms with Gasteiger partial charge < -0.3 is 4.74 Å². The van der Waals surface area contributed by atoms with Gasteiger partial charge in [0.25, 0.3) is 0 Å². The zero-order valence-electron chi connectivity index (χ0n) is 16.8. The minimum Gasteiger partial charge on any atom is -0.455 e. The minimum absolute atomic E-state index is 0.309. The standard InChI is InChI=1S/C26H25ClO2/c1-19-16-20(2)18-22(17-19)11-15-25(14-10-21-8-12-24(27)13-9-21)29-26(28)23-6-4-3-5-7-23/h3-10,12-14,16-18,25H,11,15H2,1-2H3/b14-10+/t25-/m0/s1. The first-order chi connectivity index (χ1) is 14.0. The molecule has 0 aromatic heterocycles. The molecule has 3 rings (SSSR count). The highest BCUT2D eigenvalue weighted by atomic mass is 35.5. The molecule has 0 N–H and O–H groups in total. The number of carbonyl (C=O) groups excluding carboxylic acids is 1. The van der Waals surface area contributed by atoms with Gasteiger partial charge in [0.2, 0.25) is 0 Å². The van der Waals surface area contributed by atoms with E-state index in [1.807, 2.05) is 54.6 Å². The number of rotatable bonds is 7. The average Bonchev–Trinajstić information content (AvgIpc) is 2.71. The predicted molar refractivity (Wildman–Crippen MR) is 120 cm³/mol. The Bertz CT molecular complexity index is 955. The van der Waals surface area contributed by atoms with E-state index in [0.29, 0.717) is 17.0 Å². The molecule has 0 radical (unpaired) electrons. The van der Waals surface area contributed by atoms with Gasteiger partial charge in [0.1, 0.15) is 6.10 Å². The summed E-state index contributed by atoms with van der Waals surface area (Å²) in [5.74, 6) is -0.309. The summed E-state index contributed by atoms with van der Waals surface area (Å²) in [6.07, 6.45) is 5.15. The van der Waals surface area contributed by atoms with E-state index >= 15 is 0 Å². The summed E-state index contributed by atoms with van der Waals surface area (Å²) in [7, 11) is 0. The Morgan fingerprint density at radius 1 is 0.966 bits per heavy atom. The highest BCUT2D eigenvalue weighted by Gasteiger charge is 2.14. The van der Waals surface area contributed by atoms with Gasteiger partial charge in [-0.2, -0.15) is 0 Å². The lowest BCUT2D eigenvalue weighted by atomic mass is 10.0. The van der Waals surface area contributed by atoms with Crippen LogP contribution in [0, 0.1) is 13.8 Å². The van der Waals surface area contributed by atoms with Crippen LogP contribution in [0.15, 0.2) is 78.9 Å². The zero-order valence-corrected chi connectivity index (χ0v) is 17.5. The first kappa shape index (κ1) is 20.9. The quantitative estimate of drug-likeness (QED) is 0.403. The Hall–Kier alpha value is -2.84. The number of hydrogen-bond acceptors (Lipinski definition) is 2. The fourth-order valence-electron chi connectivity index (χ4n) is 3.29. The van der Waals surface area contributed by atoms with Crippen LogP contribution >= 0.6 is 11.6 Å². The summed E-state index contributed by atoms with van der Waals surface area (Å²) in [6, 6.07) is 23.2. The summed E-state index contributed by atoms with van der Waals surface area (Å²) in [6.45, 7) is 4.20. The lowest BCUT2D eigenvalue weighted by Gasteiger charge is -2.15. The first-order valence-corrected chi connectivity index (χ1v) is 10.1. The van der Waals surface area contributed by atoms with Crippen LogP contribution in [0.4, 0.5) is 0 Å². The summed E-state index contributed by atoms with van der Waals surface area (Å²) in [4.78, 5) is 12.6. The van der Waals surface area contributed by atoms with Crippen molar-refractivity contribution in [1.82, 2.24) is 0 Å². The van der Waals surface area contributed by atoms with Crippen molar-refractivity contribution in [3.63, 3.8) is 0 Å². The van der Waals surface area contributed by atoms with E-state index in [1.54, 1.807) is 12.1 Å². The maximum absolute atomic E-state index is 12.6. The maximum atomic E-state index is 12.6. The molecule has 3 aromatic carbocycles. The summed E-state index contributed by atoms with van der Waals surface area (Å²) in [5, 5.41) is 0.698. The monoisotopic (exact) mass is 404 g/mol. The summed E-state index contributed by atoms with van der Waals surface area (Å²) >= 11 is 5.96. The lowest BCUT2D eigenvalue weighted by Crippen LogP contribution is -2.17. The number of esters is 1. The third-order valence-electron chi connectivity index (χ3n) is 4.64. The minimum atomic E-state index is -0.320. The van der Waals surface area contributed by atoms with Gasteiger partial charge >= 0.3 is 5.97 Å². The van der Waals surface area contributed by atoms with Crippen molar-refractivity contribution in [3.05, 3.63) is 112 Å². The summed E-state index contributed by atoms with van der Waals surface area (Å²) in [5.41, 5.74) is 5.32. The SMILES string of the molecule is Cc1cc(C)cc(CC[C@H](/C=C/c2ccc(Cl)cc2)OC(=O)c2ccccc2)c1. The number of halogens is 1. The molecule has 0 heterocycles. The Labute approximate surface area is 177 Å². The molecule has 0 amide bonds. The molecule has 0 spiro atoms. The molecule has 3 aromatic rings. The molecule has 1 atom stereocenters. The van der Waals surface area contributed by atoms with Crippen LogP contribution in [0.1, 0.15) is 39.0 Å². The van der Waals surface area contributed by atoms with E-state index in [1.165, 1.54) is 16.7 Å². The molecule has 0 fully saturated rings. The Morgan fingerprint density at radius 2 is 1.62 bits per heavy atom. The topological polar surface area (TPSA) is 26.3 Å². The van der Waals surface area contributed by atoms with Crippen LogP contribution in [0.2, 0.25) is 5.02 Å². The molecule has 0 unspecified atom stereocenters. The van der Waals surface area contributed by atoms with E-state index in [9.17, 15) is 4.79 Å². The van der Waals surface area contributed by atoms with Crippen molar-refractivity contribution in [1.29, 1.82) is 0 Å². The van der Waals surface area contributed by atoms with Gasteiger partial charge in [0, 0.05) is 5.02 Å². The molecule has 29 heavy (non-hydrogen) atoms. The second kappa shape index (κ2) is 10.1. The first-order valence-electron chi connectivity index (χ1n) is 9.76. The normalized spacial score (nSPS) is 12.1. The third kappa shape index (κ3) is 6.62. The van der Waals surface area contributed by atoms with Gasteiger partial charge in [0.15, 0.2) is 0 Å². The second-order valence-corrected chi connectivity index (χ2v) is 7.69. The highest BCUT2D eigenvalue weighted by Crippen LogP contribution is 2.17. The van der Waals surface area contributed by atoms with Crippen molar-refractivity contribution in [2.45, 2.75) is 32.8 Å². The van der Waals surface area contributed by atoms with E-state index in [0.717, 1.165) is 12.0 Å². The number of carbonyl (C=O) groups is 1. The van der Waals surface area contributed by atoms with Crippen LogP contribution < -0.4 is 0 Å². The number of hydrogen-bond donors (Lipinski definition) is 0. The highest BCUT2D eigenvalue weighted by molar-refractivity contribution is 6.30. The fraction of sp³-hybridized carbons (Fsp3) is 0.192. The molecular weight excluding hydrogens is 380 g/mol. The summed E-state index contributed by atoms with van der Waals surface area (Å²) < 4.78 is 5.81. The largest absolute Gasteiger partial charge is 0.455 e. The molecule has 0 aliphatic rings.